The number of imide groups is 1. The van der Waals surface area contributed by atoms with Crippen LogP contribution in [0, 0.1) is 0 Å². The molecule has 24 heavy (non-hydrogen) atoms. The Morgan fingerprint density at radius 2 is 2.00 bits per heavy atom. The number of carbonyl (C=O) groups excluding carboxylic acids is 3. The highest BCUT2D eigenvalue weighted by Gasteiger charge is 2.51. The minimum absolute atomic E-state index is 0.312. The molecule has 3 rings (SSSR count). The Balaban J connectivity index is 1.84. The van der Waals surface area contributed by atoms with E-state index in [1.807, 2.05) is 0 Å². The smallest absolute Gasteiger partial charge is 0.325 e. The molecule has 1 unspecified atom stereocenters. The Labute approximate surface area is 138 Å². The number of ether oxygens (including phenoxy) is 1. The van der Waals surface area contributed by atoms with Gasteiger partial charge in [0.1, 0.15) is 11.5 Å². The van der Waals surface area contributed by atoms with Gasteiger partial charge in [-0.05, 0) is 31.2 Å². The van der Waals surface area contributed by atoms with Crippen LogP contribution in [0.1, 0.15) is 23.0 Å². The highest BCUT2D eigenvalue weighted by atomic mass is 16.5. The molecule has 0 bridgehead atoms. The highest BCUT2D eigenvalue weighted by Crippen LogP contribution is 2.29. The standard InChI is InChI=1S/C17H16N2O5/c1-17(14-8-5-9-24-14)15(21)19(16(22)18-17)10-12(20)11-6-3-4-7-13(11)23-2/h3-9H,10H2,1-2H3,(H,18,22). The van der Waals surface area contributed by atoms with E-state index >= 15 is 0 Å². The quantitative estimate of drug-likeness (QED) is 0.669. The number of para-hydroxylation sites is 1. The van der Waals surface area contributed by atoms with E-state index < -0.39 is 17.5 Å². The third kappa shape index (κ3) is 2.44. The molecule has 1 N–H and O–H groups in total. The van der Waals surface area contributed by atoms with Crippen LogP contribution in [0.5, 0.6) is 5.75 Å². The molecule has 0 aliphatic carbocycles. The van der Waals surface area contributed by atoms with Gasteiger partial charge in [0, 0.05) is 0 Å². The van der Waals surface area contributed by atoms with Crippen LogP contribution in [-0.4, -0.2) is 36.3 Å². The van der Waals surface area contributed by atoms with Gasteiger partial charge >= 0.3 is 6.03 Å². The molecular weight excluding hydrogens is 312 g/mol. The maximum absolute atomic E-state index is 12.7. The van der Waals surface area contributed by atoms with Crippen molar-refractivity contribution in [2.75, 3.05) is 13.7 Å². The fourth-order valence-corrected chi connectivity index (χ4v) is 2.67. The Morgan fingerprint density at radius 1 is 1.25 bits per heavy atom. The molecule has 1 aliphatic rings. The number of methoxy groups -OCH3 is 1. The van der Waals surface area contributed by atoms with E-state index in [1.165, 1.54) is 13.4 Å². The normalized spacial score (nSPS) is 20.2. The van der Waals surface area contributed by atoms with E-state index in [4.69, 9.17) is 9.15 Å². The van der Waals surface area contributed by atoms with Gasteiger partial charge in [-0.1, -0.05) is 12.1 Å². The van der Waals surface area contributed by atoms with E-state index in [-0.39, 0.29) is 12.3 Å². The first kappa shape index (κ1) is 15.8. The average molecular weight is 328 g/mol. The second-order valence-electron chi connectivity index (χ2n) is 5.55. The number of nitrogens with one attached hydrogen (secondary N) is 1. The van der Waals surface area contributed by atoms with E-state index in [0.717, 1.165) is 4.90 Å². The number of ketones is 1. The summed E-state index contributed by atoms with van der Waals surface area (Å²) in [6.45, 7) is 1.17. The van der Waals surface area contributed by atoms with Crippen molar-refractivity contribution in [3.63, 3.8) is 0 Å². The Kier molecular flexibility index (Phi) is 3.84. The molecule has 1 atom stereocenters. The molecule has 1 saturated heterocycles. The van der Waals surface area contributed by atoms with E-state index in [1.54, 1.807) is 43.3 Å². The summed E-state index contributed by atoms with van der Waals surface area (Å²) < 4.78 is 10.4. The van der Waals surface area contributed by atoms with Crippen LogP contribution >= 0.6 is 0 Å². The summed E-state index contributed by atoms with van der Waals surface area (Å²) in [5, 5.41) is 2.58. The lowest BCUT2D eigenvalue weighted by atomic mass is 9.99. The van der Waals surface area contributed by atoms with Gasteiger partial charge in [-0.3, -0.25) is 14.5 Å². The van der Waals surface area contributed by atoms with E-state index in [2.05, 4.69) is 5.32 Å². The molecule has 7 nitrogen and oxygen atoms in total. The summed E-state index contributed by atoms with van der Waals surface area (Å²) in [6.07, 6.45) is 1.42. The fourth-order valence-electron chi connectivity index (χ4n) is 2.67. The Morgan fingerprint density at radius 3 is 2.67 bits per heavy atom. The van der Waals surface area contributed by atoms with Crippen molar-refractivity contribution in [2.45, 2.75) is 12.5 Å². The molecule has 0 radical (unpaired) electrons. The average Bonchev–Trinajstić information content (AvgIpc) is 3.19. The van der Waals surface area contributed by atoms with Crippen LogP contribution in [0.4, 0.5) is 4.79 Å². The SMILES string of the molecule is COc1ccccc1C(=O)CN1C(=O)NC(C)(c2ccco2)C1=O. The van der Waals surface area contributed by atoms with E-state index in [9.17, 15) is 14.4 Å². The highest BCUT2D eigenvalue weighted by molar-refractivity contribution is 6.11. The lowest BCUT2D eigenvalue weighted by Crippen LogP contribution is -2.41. The van der Waals surface area contributed by atoms with Crippen molar-refractivity contribution in [3.05, 3.63) is 54.0 Å². The third-order valence-electron chi connectivity index (χ3n) is 4.00. The van der Waals surface area contributed by atoms with Crippen LogP contribution in [0.2, 0.25) is 0 Å². The number of hydrogen-bond donors (Lipinski definition) is 1. The second kappa shape index (κ2) is 5.84. The molecule has 1 fully saturated rings. The second-order valence-corrected chi connectivity index (χ2v) is 5.55. The number of hydrogen-bond acceptors (Lipinski definition) is 5. The van der Waals surface area contributed by atoms with Crippen LogP contribution < -0.4 is 10.1 Å². The van der Waals surface area contributed by atoms with Gasteiger partial charge in [-0.25, -0.2) is 4.79 Å². The summed E-state index contributed by atoms with van der Waals surface area (Å²) in [7, 11) is 1.45. The van der Waals surface area contributed by atoms with Gasteiger partial charge in [0.05, 0.1) is 25.5 Å². The lowest BCUT2D eigenvalue weighted by molar-refractivity contribution is -0.131. The molecule has 3 amide bonds. The zero-order valence-corrected chi connectivity index (χ0v) is 13.2. The zero-order valence-electron chi connectivity index (χ0n) is 13.2. The lowest BCUT2D eigenvalue weighted by Gasteiger charge is -2.18. The van der Waals surface area contributed by atoms with Crippen molar-refractivity contribution in [1.29, 1.82) is 0 Å². The van der Waals surface area contributed by atoms with Crippen LogP contribution in [-0.2, 0) is 10.3 Å². The topological polar surface area (TPSA) is 88.8 Å². The molecule has 2 aromatic rings. The molecule has 0 saturated carbocycles. The van der Waals surface area contributed by atoms with Crippen molar-refractivity contribution >= 4 is 17.7 Å². The number of carbonyl (C=O) groups is 3. The van der Waals surface area contributed by atoms with Gasteiger partial charge in [-0.15, -0.1) is 0 Å². The molecule has 124 valence electrons. The first-order chi connectivity index (χ1) is 11.5. The van der Waals surface area contributed by atoms with Crippen molar-refractivity contribution in [1.82, 2.24) is 10.2 Å². The molecule has 2 heterocycles. The van der Waals surface area contributed by atoms with Gasteiger partial charge in [0.25, 0.3) is 5.91 Å². The molecule has 0 spiro atoms. The summed E-state index contributed by atoms with van der Waals surface area (Å²) >= 11 is 0. The molecule has 7 heteroatoms. The predicted molar refractivity (Wildman–Crippen MR) is 83.6 cm³/mol. The Bertz CT molecular complexity index is 799. The minimum atomic E-state index is -1.32. The molecule has 1 aliphatic heterocycles. The van der Waals surface area contributed by atoms with Crippen molar-refractivity contribution in [2.24, 2.45) is 0 Å². The largest absolute Gasteiger partial charge is 0.496 e. The summed E-state index contributed by atoms with van der Waals surface area (Å²) in [4.78, 5) is 38.2. The van der Waals surface area contributed by atoms with E-state index in [0.29, 0.717) is 17.1 Å². The number of furan rings is 1. The minimum Gasteiger partial charge on any atom is -0.496 e. The molecule has 1 aromatic carbocycles. The predicted octanol–water partition coefficient (Wildman–Crippen LogP) is 1.94. The first-order valence-electron chi connectivity index (χ1n) is 7.31. The number of urea groups is 1. The number of rotatable bonds is 5. The van der Waals surface area contributed by atoms with Crippen molar-refractivity contribution in [3.8, 4) is 5.75 Å². The maximum atomic E-state index is 12.7. The first-order valence-corrected chi connectivity index (χ1v) is 7.31. The summed E-state index contributed by atoms with van der Waals surface area (Å²) in [5.74, 6) is -0.221. The van der Waals surface area contributed by atoms with Gasteiger partial charge < -0.3 is 14.5 Å². The Hall–Kier alpha value is -3.09. The van der Waals surface area contributed by atoms with Crippen LogP contribution in [0.15, 0.2) is 47.1 Å². The molecule has 1 aromatic heterocycles. The van der Waals surface area contributed by atoms with Gasteiger partial charge in [-0.2, -0.15) is 0 Å². The number of benzene rings is 1. The molecular formula is C17H16N2O5. The van der Waals surface area contributed by atoms with Gasteiger partial charge in [0.15, 0.2) is 11.3 Å². The summed E-state index contributed by atoms with van der Waals surface area (Å²) in [6, 6.07) is 9.25. The van der Waals surface area contributed by atoms with Crippen molar-refractivity contribution < 1.29 is 23.5 Å². The number of nitrogens with zero attached hydrogens (tertiary/aromatic N) is 1. The fraction of sp³-hybridized carbons (Fsp3) is 0.235. The van der Waals surface area contributed by atoms with Crippen LogP contribution in [0.25, 0.3) is 0 Å². The summed E-state index contributed by atoms with van der Waals surface area (Å²) in [5.41, 5.74) is -1.01. The number of Topliss-reactive ketones (excluding diaryl/α,β-unsaturated/α-hetero) is 1. The monoisotopic (exact) mass is 328 g/mol. The third-order valence-corrected chi connectivity index (χ3v) is 4.00. The maximum Gasteiger partial charge on any atom is 0.325 e. The van der Waals surface area contributed by atoms with Gasteiger partial charge in [0.2, 0.25) is 0 Å². The number of amides is 3. The zero-order chi connectivity index (χ0) is 17.3. The van der Waals surface area contributed by atoms with Crippen LogP contribution in [0.3, 0.4) is 0 Å².